The van der Waals surface area contributed by atoms with Crippen LogP contribution in [0, 0.1) is 0 Å². The highest BCUT2D eigenvalue weighted by Crippen LogP contribution is 2.39. The van der Waals surface area contributed by atoms with E-state index < -0.39 is 52.1 Å². The second-order valence-corrected chi connectivity index (χ2v) is 7.85. The number of aliphatic carboxylic acids is 1. The summed E-state index contributed by atoms with van der Waals surface area (Å²) < 4.78 is 21.8. The lowest BCUT2D eigenvalue weighted by Crippen LogP contribution is -2.46. The van der Waals surface area contributed by atoms with Crippen LogP contribution in [0.5, 0.6) is 0 Å². The van der Waals surface area contributed by atoms with E-state index in [4.69, 9.17) is 24.7 Å². The Morgan fingerprint density at radius 3 is 1.53 bits per heavy atom. The van der Waals surface area contributed by atoms with E-state index in [1.807, 2.05) is 0 Å². The summed E-state index contributed by atoms with van der Waals surface area (Å²) in [6.45, 7) is 2.25. The quantitative estimate of drug-likeness (QED) is 0.372. The van der Waals surface area contributed by atoms with Crippen molar-refractivity contribution in [1.29, 1.82) is 0 Å². The molecule has 0 amide bonds. The number of rotatable bonds is 8. The van der Waals surface area contributed by atoms with Gasteiger partial charge in [-0.15, -0.1) is 0 Å². The Labute approximate surface area is 110 Å². The summed E-state index contributed by atoms with van der Waals surface area (Å²) in [6, 6.07) is -1.64. The van der Waals surface area contributed by atoms with Crippen LogP contribution in [0.25, 0.3) is 0 Å². The zero-order chi connectivity index (χ0) is 15.4. The molecule has 9 nitrogen and oxygen atoms in total. The highest BCUT2D eigenvalue weighted by atomic mass is 31.2. The van der Waals surface area contributed by atoms with Crippen molar-refractivity contribution in [3.05, 3.63) is 0 Å². The average molecular weight is 319 g/mol. The van der Waals surface area contributed by atoms with Gasteiger partial charge in [0, 0.05) is 12.1 Å². The van der Waals surface area contributed by atoms with Crippen molar-refractivity contribution >= 4 is 21.2 Å². The van der Waals surface area contributed by atoms with Crippen LogP contribution in [0.2, 0.25) is 0 Å². The predicted octanol–water partition coefficient (Wildman–Crippen LogP) is -0.495. The summed E-state index contributed by atoms with van der Waals surface area (Å²) in [6.07, 6.45) is -1.16. The van der Waals surface area contributed by atoms with Crippen LogP contribution in [0.1, 0.15) is 13.8 Å². The number of carboxylic acid groups (broad SMARTS) is 1. The molecule has 2 unspecified atom stereocenters. The fraction of sp³-hybridized carbons (Fsp3) is 0.875. The van der Waals surface area contributed by atoms with E-state index in [-0.39, 0.29) is 0 Å². The molecule has 0 aromatic heterocycles. The third kappa shape index (κ3) is 9.29. The molecule has 2 atom stereocenters. The van der Waals surface area contributed by atoms with Crippen LogP contribution in [0.4, 0.5) is 0 Å². The fourth-order valence-electron chi connectivity index (χ4n) is 1.80. The molecule has 0 rings (SSSR count). The van der Waals surface area contributed by atoms with E-state index in [1.54, 1.807) is 0 Å². The van der Waals surface area contributed by atoms with Crippen LogP contribution >= 0.6 is 15.2 Å². The molecule has 5 N–H and O–H groups in total. The predicted molar refractivity (Wildman–Crippen MR) is 67.1 cm³/mol. The second-order valence-electron chi connectivity index (χ2n) is 4.46. The molecule has 19 heavy (non-hydrogen) atoms. The van der Waals surface area contributed by atoms with Gasteiger partial charge in [0.2, 0.25) is 0 Å². The summed E-state index contributed by atoms with van der Waals surface area (Å²) in [5, 5.41) is 8.75. The molecule has 0 saturated heterocycles. The van der Waals surface area contributed by atoms with E-state index in [1.165, 1.54) is 13.8 Å². The fourth-order valence-corrected chi connectivity index (χ4v) is 3.60. The van der Waals surface area contributed by atoms with E-state index in [2.05, 4.69) is 0 Å². The summed E-state index contributed by atoms with van der Waals surface area (Å²) in [4.78, 5) is 47.3. The molecule has 0 fully saturated rings. The molecular formula is C8H19NO8P2. The van der Waals surface area contributed by atoms with Crippen LogP contribution in [0.3, 0.4) is 0 Å². The molecule has 0 aromatic rings. The molecule has 0 aliphatic carbocycles. The lowest BCUT2D eigenvalue weighted by Gasteiger charge is -2.33. The minimum absolute atomic E-state index is 0.553. The van der Waals surface area contributed by atoms with Gasteiger partial charge in [0.1, 0.15) is 0 Å². The van der Waals surface area contributed by atoms with Crippen LogP contribution in [-0.4, -0.2) is 66.5 Å². The van der Waals surface area contributed by atoms with Crippen molar-refractivity contribution in [2.75, 3.05) is 18.9 Å². The maximum atomic E-state index is 10.9. The van der Waals surface area contributed by atoms with Gasteiger partial charge in [0.25, 0.3) is 0 Å². The largest absolute Gasteiger partial charge is 0.480 e. The summed E-state index contributed by atoms with van der Waals surface area (Å²) in [7, 11) is -8.68. The topological polar surface area (TPSA) is 156 Å². The maximum Gasteiger partial charge on any atom is 0.327 e. The second kappa shape index (κ2) is 6.95. The normalized spacial score (nSPS) is 16.4. The summed E-state index contributed by atoms with van der Waals surface area (Å²) in [5.74, 6) is -1.24. The van der Waals surface area contributed by atoms with Crippen LogP contribution in [0.15, 0.2) is 0 Å². The monoisotopic (exact) mass is 319 g/mol. The Kier molecular flexibility index (Phi) is 6.85. The Bertz CT molecular complexity index is 372. The zero-order valence-electron chi connectivity index (χ0n) is 10.6. The van der Waals surface area contributed by atoms with E-state index in [9.17, 15) is 13.9 Å². The Morgan fingerprint density at radius 2 is 1.32 bits per heavy atom. The first-order valence-corrected chi connectivity index (χ1v) is 8.98. The van der Waals surface area contributed by atoms with Gasteiger partial charge in [-0.05, 0) is 13.8 Å². The number of carboxylic acids is 1. The molecular weight excluding hydrogens is 300 g/mol. The van der Waals surface area contributed by atoms with Gasteiger partial charge in [-0.1, -0.05) is 0 Å². The van der Waals surface area contributed by atoms with Gasteiger partial charge >= 0.3 is 21.2 Å². The van der Waals surface area contributed by atoms with Crippen molar-refractivity contribution in [3.63, 3.8) is 0 Å². The van der Waals surface area contributed by atoms with Crippen LogP contribution in [-0.2, 0) is 13.9 Å². The smallest absolute Gasteiger partial charge is 0.327 e. The van der Waals surface area contributed by atoms with Gasteiger partial charge in [-0.3, -0.25) is 18.8 Å². The summed E-state index contributed by atoms with van der Waals surface area (Å²) >= 11 is 0. The third-order valence-corrected chi connectivity index (χ3v) is 4.46. The number of hydrogen-bond donors (Lipinski definition) is 5. The Balaban J connectivity index is 4.94. The van der Waals surface area contributed by atoms with Gasteiger partial charge in [-0.2, -0.15) is 0 Å². The molecule has 114 valence electrons. The molecule has 11 heteroatoms. The van der Waals surface area contributed by atoms with Crippen molar-refractivity contribution in [3.8, 4) is 0 Å². The molecule has 0 aromatic carbocycles. The number of hydrogen-bond acceptors (Lipinski definition) is 4. The highest BCUT2D eigenvalue weighted by Gasteiger charge is 2.31. The number of nitrogens with zero attached hydrogens (tertiary/aromatic N) is 1. The van der Waals surface area contributed by atoms with Crippen molar-refractivity contribution in [2.24, 2.45) is 0 Å². The molecule has 0 radical (unpaired) electrons. The first-order valence-electron chi connectivity index (χ1n) is 5.38. The Morgan fingerprint density at radius 1 is 1.00 bits per heavy atom. The van der Waals surface area contributed by atoms with Crippen molar-refractivity contribution in [1.82, 2.24) is 4.90 Å². The van der Waals surface area contributed by atoms with Gasteiger partial charge in [0.15, 0.2) is 0 Å². The molecule has 0 heterocycles. The van der Waals surface area contributed by atoms with Crippen molar-refractivity contribution < 1.29 is 38.6 Å². The third-order valence-electron chi connectivity index (χ3n) is 2.45. The minimum Gasteiger partial charge on any atom is -0.480 e. The molecule has 0 aliphatic heterocycles. The standard InChI is InChI=1S/C8H19NO8P2/c1-6(4-18(12,13)14)9(3-8(10)11)7(2)5-19(15,16)17/h6-7H,3-5H2,1-2H3,(H,10,11)(H2,12,13,14)(H2,15,16,17). The molecule has 0 aliphatic rings. The van der Waals surface area contributed by atoms with Gasteiger partial charge < -0.3 is 24.7 Å². The molecule has 0 bridgehead atoms. The molecule has 0 spiro atoms. The van der Waals surface area contributed by atoms with E-state index in [0.29, 0.717) is 0 Å². The van der Waals surface area contributed by atoms with E-state index >= 15 is 0 Å². The zero-order valence-corrected chi connectivity index (χ0v) is 12.4. The Hall–Kier alpha value is -0.270. The SMILES string of the molecule is CC(CP(=O)(O)O)N(CC(=O)O)C(C)CP(=O)(O)O. The van der Waals surface area contributed by atoms with Crippen LogP contribution < -0.4 is 0 Å². The lowest BCUT2D eigenvalue weighted by atomic mass is 10.2. The minimum atomic E-state index is -4.34. The van der Waals surface area contributed by atoms with E-state index in [0.717, 1.165) is 4.90 Å². The maximum absolute atomic E-state index is 10.9. The average Bonchev–Trinajstić information content (AvgIpc) is 2.07. The van der Waals surface area contributed by atoms with Gasteiger partial charge in [-0.25, -0.2) is 0 Å². The molecule has 0 saturated carbocycles. The highest BCUT2D eigenvalue weighted by molar-refractivity contribution is 7.52. The first-order chi connectivity index (χ1) is 8.32. The lowest BCUT2D eigenvalue weighted by molar-refractivity contribution is -0.139. The number of carbonyl (C=O) groups is 1. The van der Waals surface area contributed by atoms with Gasteiger partial charge in [0.05, 0.1) is 18.9 Å². The first kappa shape index (κ1) is 18.7. The summed E-state index contributed by atoms with van der Waals surface area (Å²) in [5.41, 5.74) is 0. The van der Waals surface area contributed by atoms with Crippen molar-refractivity contribution in [2.45, 2.75) is 25.9 Å².